The van der Waals surface area contributed by atoms with Crippen LogP contribution in [0.1, 0.15) is 32.4 Å². The molecule has 6 heteroatoms. The second-order valence-electron chi connectivity index (χ2n) is 5.19. The summed E-state index contributed by atoms with van der Waals surface area (Å²) in [6.45, 7) is 4.71. The number of nitrogens with two attached hydrogens (primary N) is 1. The molecule has 1 rings (SSSR count). The third-order valence-corrected chi connectivity index (χ3v) is 3.29. The Bertz CT molecular complexity index is 539. The molecule has 0 aliphatic heterocycles. The number of benzene rings is 1. The van der Waals surface area contributed by atoms with Gasteiger partial charge in [-0.1, -0.05) is 6.07 Å². The molecule has 0 spiro atoms. The minimum atomic E-state index is -0.900. The van der Waals surface area contributed by atoms with Crippen LogP contribution in [0, 0.1) is 5.41 Å². The third kappa shape index (κ3) is 3.72. The van der Waals surface area contributed by atoms with Crippen LogP contribution in [0.4, 0.5) is 0 Å². The Kier molecular flexibility index (Phi) is 5.32. The summed E-state index contributed by atoms with van der Waals surface area (Å²) in [7, 11) is 2.78. The number of esters is 2. The van der Waals surface area contributed by atoms with Gasteiger partial charge in [0.1, 0.15) is 0 Å². The number of methoxy groups -OCH3 is 2. The van der Waals surface area contributed by atoms with Crippen molar-refractivity contribution in [3.63, 3.8) is 0 Å². The maximum Gasteiger partial charge on any atom is 0.313 e. The molecule has 6 nitrogen and oxygen atoms in total. The van der Waals surface area contributed by atoms with Gasteiger partial charge in [0.15, 0.2) is 11.5 Å². The lowest BCUT2D eigenvalue weighted by atomic mass is 9.81. The Labute approximate surface area is 124 Å². The number of carbonyl (C=O) groups is 2. The van der Waals surface area contributed by atoms with Crippen LogP contribution in [-0.4, -0.2) is 26.2 Å². The van der Waals surface area contributed by atoms with Crippen LogP contribution in [-0.2, 0) is 14.3 Å². The summed E-state index contributed by atoms with van der Waals surface area (Å²) in [6.07, 6.45) is 0. The zero-order valence-electron chi connectivity index (χ0n) is 12.9. The molecule has 0 aromatic heterocycles. The summed E-state index contributed by atoms with van der Waals surface area (Å²) < 4.78 is 15.0. The zero-order chi connectivity index (χ0) is 16.2. The molecule has 0 aliphatic rings. The number of carbonyl (C=O) groups excluding carboxylic acids is 2. The monoisotopic (exact) mass is 295 g/mol. The van der Waals surface area contributed by atoms with Crippen LogP contribution < -0.4 is 15.2 Å². The first-order valence-corrected chi connectivity index (χ1v) is 6.44. The predicted molar refractivity (Wildman–Crippen MR) is 77.0 cm³/mol. The minimum Gasteiger partial charge on any atom is -0.493 e. The molecule has 1 atom stereocenters. The van der Waals surface area contributed by atoms with Crippen LogP contribution in [0.2, 0.25) is 0 Å². The van der Waals surface area contributed by atoms with E-state index < -0.39 is 23.4 Å². The van der Waals surface area contributed by atoms with Crippen molar-refractivity contribution in [3.05, 3.63) is 23.8 Å². The van der Waals surface area contributed by atoms with E-state index in [0.29, 0.717) is 17.1 Å². The first kappa shape index (κ1) is 17.0. The van der Waals surface area contributed by atoms with Crippen molar-refractivity contribution in [3.8, 4) is 11.5 Å². The molecule has 0 radical (unpaired) electrons. The van der Waals surface area contributed by atoms with Crippen molar-refractivity contribution >= 4 is 11.9 Å². The van der Waals surface area contributed by atoms with Gasteiger partial charge in [-0.25, -0.2) is 0 Å². The largest absolute Gasteiger partial charge is 0.493 e. The zero-order valence-corrected chi connectivity index (χ0v) is 12.9. The molecule has 116 valence electrons. The number of hydrogen-bond acceptors (Lipinski definition) is 6. The van der Waals surface area contributed by atoms with Gasteiger partial charge in [0.05, 0.1) is 19.6 Å². The molecule has 0 amide bonds. The molecule has 0 saturated carbocycles. The molecule has 0 aliphatic carbocycles. The van der Waals surface area contributed by atoms with E-state index in [0.717, 1.165) is 0 Å². The Morgan fingerprint density at radius 3 is 2.29 bits per heavy atom. The van der Waals surface area contributed by atoms with E-state index in [9.17, 15) is 9.59 Å². The van der Waals surface area contributed by atoms with E-state index in [-0.39, 0.29) is 0 Å². The predicted octanol–water partition coefficient (Wildman–Crippen LogP) is 1.82. The van der Waals surface area contributed by atoms with Gasteiger partial charge < -0.3 is 19.9 Å². The molecule has 21 heavy (non-hydrogen) atoms. The quantitative estimate of drug-likeness (QED) is 0.658. The smallest absolute Gasteiger partial charge is 0.313 e. The Hall–Kier alpha value is -2.08. The lowest BCUT2D eigenvalue weighted by Gasteiger charge is -2.29. The SMILES string of the molecule is COC(=O)C(C)(C)[C@H](N)c1ccc(OC(C)=O)c(OC)c1. The van der Waals surface area contributed by atoms with Crippen molar-refractivity contribution in [1.82, 2.24) is 0 Å². The van der Waals surface area contributed by atoms with Gasteiger partial charge in [-0.3, -0.25) is 9.59 Å². The van der Waals surface area contributed by atoms with E-state index >= 15 is 0 Å². The van der Waals surface area contributed by atoms with Gasteiger partial charge in [0.2, 0.25) is 0 Å². The molecule has 0 heterocycles. The second kappa shape index (κ2) is 6.58. The van der Waals surface area contributed by atoms with E-state index in [1.807, 2.05) is 0 Å². The molecular formula is C15H21NO5. The van der Waals surface area contributed by atoms with Crippen molar-refractivity contribution < 1.29 is 23.8 Å². The summed E-state index contributed by atoms with van der Waals surface area (Å²) in [5.74, 6) is -0.172. The number of ether oxygens (including phenoxy) is 3. The van der Waals surface area contributed by atoms with Crippen LogP contribution in [0.15, 0.2) is 18.2 Å². The summed E-state index contributed by atoms with van der Waals surface area (Å²) in [6, 6.07) is 4.33. The van der Waals surface area contributed by atoms with E-state index in [1.54, 1.807) is 32.0 Å². The third-order valence-electron chi connectivity index (χ3n) is 3.29. The molecule has 2 N–H and O–H groups in total. The Morgan fingerprint density at radius 2 is 1.81 bits per heavy atom. The van der Waals surface area contributed by atoms with Crippen LogP contribution in [0.5, 0.6) is 11.5 Å². The summed E-state index contributed by atoms with van der Waals surface area (Å²) >= 11 is 0. The lowest BCUT2D eigenvalue weighted by molar-refractivity contribution is -0.152. The van der Waals surface area contributed by atoms with E-state index in [4.69, 9.17) is 19.9 Å². The van der Waals surface area contributed by atoms with E-state index in [1.165, 1.54) is 21.1 Å². The average molecular weight is 295 g/mol. The van der Waals surface area contributed by atoms with Crippen molar-refractivity contribution in [2.24, 2.45) is 11.1 Å². The Morgan fingerprint density at radius 1 is 1.19 bits per heavy atom. The molecule has 1 aromatic rings. The van der Waals surface area contributed by atoms with Gasteiger partial charge in [-0.05, 0) is 31.5 Å². The fourth-order valence-electron chi connectivity index (χ4n) is 1.92. The van der Waals surface area contributed by atoms with Gasteiger partial charge in [0.25, 0.3) is 0 Å². The van der Waals surface area contributed by atoms with Crippen LogP contribution in [0.25, 0.3) is 0 Å². The molecule has 0 bridgehead atoms. The highest BCUT2D eigenvalue weighted by Crippen LogP contribution is 2.36. The molecule has 0 unspecified atom stereocenters. The highest BCUT2D eigenvalue weighted by Gasteiger charge is 2.37. The first-order chi connectivity index (χ1) is 9.73. The minimum absolute atomic E-state index is 0.303. The van der Waals surface area contributed by atoms with Crippen molar-refractivity contribution in [1.29, 1.82) is 0 Å². The second-order valence-corrected chi connectivity index (χ2v) is 5.19. The number of rotatable bonds is 5. The molecule has 0 saturated heterocycles. The maximum atomic E-state index is 11.8. The van der Waals surface area contributed by atoms with Crippen molar-refractivity contribution in [2.75, 3.05) is 14.2 Å². The standard InChI is InChI=1S/C15H21NO5/c1-9(17)21-11-7-6-10(8-12(11)19-4)13(16)15(2,3)14(18)20-5/h6-8,13H,16H2,1-5H3/t13-/m1/s1. The van der Waals surface area contributed by atoms with Crippen molar-refractivity contribution in [2.45, 2.75) is 26.8 Å². The van der Waals surface area contributed by atoms with Crippen LogP contribution >= 0.6 is 0 Å². The molecule has 1 aromatic carbocycles. The van der Waals surface area contributed by atoms with Gasteiger partial charge >= 0.3 is 11.9 Å². The number of hydrogen-bond donors (Lipinski definition) is 1. The van der Waals surface area contributed by atoms with Gasteiger partial charge in [-0.15, -0.1) is 0 Å². The maximum absolute atomic E-state index is 11.8. The Balaban J connectivity index is 3.14. The summed E-state index contributed by atoms with van der Waals surface area (Å²) in [4.78, 5) is 22.8. The van der Waals surface area contributed by atoms with Gasteiger partial charge in [-0.2, -0.15) is 0 Å². The lowest BCUT2D eigenvalue weighted by Crippen LogP contribution is -2.37. The average Bonchev–Trinajstić information content (AvgIpc) is 2.45. The summed E-state index contributed by atoms with van der Waals surface area (Å²) in [5, 5.41) is 0. The fourth-order valence-corrected chi connectivity index (χ4v) is 1.92. The summed E-state index contributed by atoms with van der Waals surface area (Å²) in [5.41, 5.74) is 5.94. The normalized spacial score (nSPS) is 12.5. The highest BCUT2D eigenvalue weighted by atomic mass is 16.6. The molecule has 0 fully saturated rings. The van der Waals surface area contributed by atoms with Crippen LogP contribution in [0.3, 0.4) is 0 Å². The fraction of sp³-hybridized carbons (Fsp3) is 0.467. The topological polar surface area (TPSA) is 87.9 Å². The van der Waals surface area contributed by atoms with E-state index in [2.05, 4.69) is 0 Å². The molecular weight excluding hydrogens is 274 g/mol. The van der Waals surface area contributed by atoms with Gasteiger partial charge in [0, 0.05) is 13.0 Å². The first-order valence-electron chi connectivity index (χ1n) is 6.44. The highest BCUT2D eigenvalue weighted by molar-refractivity contribution is 5.77.